The zero-order valence-corrected chi connectivity index (χ0v) is 16.2. The summed E-state index contributed by atoms with van der Waals surface area (Å²) in [7, 11) is 0. The lowest BCUT2D eigenvalue weighted by Gasteiger charge is -2.40. The van der Waals surface area contributed by atoms with E-state index in [1.165, 1.54) is 12.8 Å². The van der Waals surface area contributed by atoms with Gasteiger partial charge in [-0.3, -0.25) is 4.79 Å². The fourth-order valence-electron chi connectivity index (χ4n) is 4.82. The number of esters is 2. The van der Waals surface area contributed by atoms with Crippen molar-refractivity contribution in [3.63, 3.8) is 0 Å². The predicted octanol–water partition coefficient (Wildman–Crippen LogP) is 4.29. The molecule has 0 heterocycles. The average Bonchev–Trinajstić information content (AvgIpc) is 3.06. The monoisotopic (exact) mass is 358 g/mol. The molecular weight excluding hydrogens is 328 g/mol. The van der Waals surface area contributed by atoms with Gasteiger partial charge >= 0.3 is 11.9 Å². The largest absolute Gasteiger partial charge is 0.463 e. The highest BCUT2D eigenvalue weighted by Crippen LogP contribution is 2.47. The van der Waals surface area contributed by atoms with E-state index in [-0.39, 0.29) is 18.4 Å². The molecule has 142 valence electrons. The molecule has 0 aliphatic heterocycles. The van der Waals surface area contributed by atoms with E-state index in [9.17, 15) is 9.59 Å². The second-order valence-electron chi connectivity index (χ2n) is 7.93. The molecular formula is C22H30O4. The van der Waals surface area contributed by atoms with Gasteiger partial charge in [0.25, 0.3) is 0 Å². The van der Waals surface area contributed by atoms with E-state index in [1.54, 1.807) is 6.92 Å². The van der Waals surface area contributed by atoms with Crippen LogP contribution in [0.3, 0.4) is 0 Å². The van der Waals surface area contributed by atoms with Gasteiger partial charge in [-0.05, 0) is 62.1 Å². The van der Waals surface area contributed by atoms with Crippen molar-refractivity contribution in [3.05, 3.63) is 34.9 Å². The van der Waals surface area contributed by atoms with Crippen molar-refractivity contribution in [3.8, 4) is 0 Å². The molecule has 2 aliphatic carbocycles. The zero-order valence-electron chi connectivity index (χ0n) is 16.2. The topological polar surface area (TPSA) is 52.6 Å². The van der Waals surface area contributed by atoms with Crippen LogP contribution in [-0.4, -0.2) is 24.1 Å². The quantitative estimate of drug-likeness (QED) is 0.737. The van der Waals surface area contributed by atoms with Crippen LogP contribution in [0.25, 0.3) is 0 Å². The number of carbonyl (C=O) groups excluding carboxylic acids is 2. The molecule has 0 radical (unpaired) electrons. The SMILES string of the molecule is CCOC(=O)C1(OC(=O)Cc2c(C)cccc2C)CCC2CCCC2C1. The van der Waals surface area contributed by atoms with E-state index in [1.807, 2.05) is 32.0 Å². The van der Waals surface area contributed by atoms with Gasteiger partial charge in [0.05, 0.1) is 13.0 Å². The van der Waals surface area contributed by atoms with E-state index in [4.69, 9.17) is 9.47 Å². The standard InChI is InChI=1S/C22H30O4/c1-4-25-21(24)22(12-11-17-9-6-10-18(17)14-22)26-20(23)13-19-15(2)7-5-8-16(19)3/h5,7-8,17-18H,4,6,9-14H2,1-3H3. The van der Waals surface area contributed by atoms with Gasteiger partial charge in [0.1, 0.15) is 0 Å². The summed E-state index contributed by atoms with van der Waals surface area (Å²) >= 11 is 0. The molecule has 0 bridgehead atoms. The summed E-state index contributed by atoms with van der Waals surface area (Å²) in [5, 5.41) is 0. The summed E-state index contributed by atoms with van der Waals surface area (Å²) in [6.45, 7) is 6.11. The summed E-state index contributed by atoms with van der Waals surface area (Å²) < 4.78 is 11.2. The number of rotatable bonds is 5. The number of hydrogen-bond donors (Lipinski definition) is 0. The van der Waals surface area contributed by atoms with Gasteiger partial charge in [0, 0.05) is 6.42 Å². The Kier molecular flexibility index (Phi) is 5.69. The van der Waals surface area contributed by atoms with Gasteiger partial charge in [-0.25, -0.2) is 4.79 Å². The Bertz CT molecular complexity index is 660. The lowest BCUT2D eigenvalue weighted by atomic mass is 9.73. The minimum absolute atomic E-state index is 0.202. The highest BCUT2D eigenvalue weighted by Gasteiger charge is 2.51. The van der Waals surface area contributed by atoms with E-state index >= 15 is 0 Å². The summed E-state index contributed by atoms with van der Waals surface area (Å²) in [6.07, 6.45) is 5.93. The van der Waals surface area contributed by atoms with Crippen molar-refractivity contribution in [2.45, 2.75) is 71.3 Å². The Morgan fingerprint density at radius 3 is 2.50 bits per heavy atom. The molecule has 0 saturated heterocycles. The molecule has 2 aliphatic rings. The first kappa shape index (κ1) is 18.9. The second-order valence-corrected chi connectivity index (χ2v) is 7.93. The maximum atomic E-state index is 12.8. The fourth-order valence-corrected chi connectivity index (χ4v) is 4.82. The molecule has 2 saturated carbocycles. The smallest absolute Gasteiger partial charge is 0.350 e. The number of hydrogen-bond acceptors (Lipinski definition) is 4. The van der Waals surface area contributed by atoms with Crippen LogP contribution in [0.4, 0.5) is 0 Å². The van der Waals surface area contributed by atoms with Crippen LogP contribution in [-0.2, 0) is 25.5 Å². The van der Waals surface area contributed by atoms with E-state index in [2.05, 4.69) is 0 Å². The van der Waals surface area contributed by atoms with Crippen molar-refractivity contribution in [1.29, 1.82) is 0 Å². The molecule has 26 heavy (non-hydrogen) atoms. The van der Waals surface area contributed by atoms with E-state index in [0.29, 0.717) is 31.3 Å². The van der Waals surface area contributed by atoms with Crippen molar-refractivity contribution in [2.75, 3.05) is 6.61 Å². The van der Waals surface area contributed by atoms with Gasteiger partial charge in [-0.1, -0.05) is 37.5 Å². The lowest BCUT2D eigenvalue weighted by molar-refractivity contribution is -0.189. The van der Waals surface area contributed by atoms with Crippen molar-refractivity contribution >= 4 is 11.9 Å². The first-order valence-corrected chi connectivity index (χ1v) is 9.89. The van der Waals surface area contributed by atoms with Gasteiger partial charge in [0.2, 0.25) is 5.60 Å². The summed E-state index contributed by atoms with van der Waals surface area (Å²) in [4.78, 5) is 25.5. The lowest BCUT2D eigenvalue weighted by Crippen LogP contribution is -2.49. The van der Waals surface area contributed by atoms with Crippen LogP contribution in [0.2, 0.25) is 0 Å². The molecule has 0 amide bonds. The van der Waals surface area contributed by atoms with Crippen LogP contribution < -0.4 is 0 Å². The Balaban J connectivity index is 1.77. The third kappa shape index (κ3) is 3.79. The highest BCUT2D eigenvalue weighted by atomic mass is 16.6. The maximum absolute atomic E-state index is 12.8. The first-order chi connectivity index (χ1) is 12.4. The molecule has 4 nitrogen and oxygen atoms in total. The average molecular weight is 358 g/mol. The minimum Gasteiger partial charge on any atom is -0.463 e. The van der Waals surface area contributed by atoms with E-state index in [0.717, 1.165) is 29.5 Å². The number of fused-ring (bicyclic) bond motifs is 1. The van der Waals surface area contributed by atoms with Gasteiger partial charge in [-0.2, -0.15) is 0 Å². The molecule has 3 rings (SSSR count). The Labute approximate surface area is 156 Å². The Morgan fingerprint density at radius 1 is 1.12 bits per heavy atom. The summed E-state index contributed by atoms with van der Waals surface area (Å²) in [5.41, 5.74) is 2.05. The fraction of sp³-hybridized carbons (Fsp3) is 0.636. The first-order valence-electron chi connectivity index (χ1n) is 9.89. The van der Waals surface area contributed by atoms with Crippen molar-refractivity contribution in [1.82, 2.24) is 0 Å². The number of benzene rings is 1. The third-order valence-electron chi connectivity index (χ3n) is 6.25. The van der Waals surface area contributed by atoms with Crippen molar-refractivity contribution < 1.29 is 19.1 Å². The molecule has 4 heteroatoms. The minimum atomic E-state index is -1.09. The highest BCUT2D eigenvalue weighted by molar-refractivity contribution is 5.84. The second kappa shape index (κ2) is 7.81. The number of carbonyl (C=O) groups is 2. The van der Waals surface area contributed by atoms with Crippen LogP contribution in [0.1, 0.15) is 62.1 Å². The maximum Gasteiger partial charge on any atom is 0.350 e. The Morgan fingerprint density at radius 2 is 1.81 bits per heavy atom. The molecule has 2 fully saturated rings. The molecule has 0 spiro atoms. The molecule has 0 N–H and O–H groups in total. The molecule has 0 aromatic heterocycles. The molecule has 1 aromatic carbocycles. The Hall–Kier alpha value is -1.84. The number of aryl methyl sites for hydroxylation is 2. The summed E-state index contributed by atoms with van der Waals surface area (Å²) in [5.74, 6) is 0.461. The van der Waals surface area contributed by atoms with E-state index < -0.39 is 5.60 Å². The molecule has 1 aromatic rings. The zero-order chi connectivity index (χ0) is 18.7. The van der Waals surface area contributed by atoms with Crippen LogP contribution >= 0.6 is 0 Å². The molecule has 3 atom stereocenters. The summed E-state index contributed by atoms with van der Waals surface area (Å²) in [6, 6.07) is 5.99. The van der Waals surface area contributed by atoms with Gasteiger partial charge in [-0.15, -0.1) is 0 Å². The third-order valence-corrected chi connectivity index (χ3v) is 6.25. The predicted molar refractivity (Wildman–Crippen MR) is 99.8 cm³/mol. The van der Waals surface area contributed by atoms with Crippen LogP contribution in [0, 0.1) is 25.7 Å². The van der Waals surface area contributed by atoms with Crippen molar-refractivity contribution in [2.24, 2.45) is 11.8 Å². The van der Waals surface area contributed by atoms with Crippen LogP contribution in [0.15, 0.2) is 18.2 Å². The normalized spacial score (nSPS) is 27.7. The van der Waals surface area contributed by atoms with Crippen LogP contribution in [0.5, 0.6) is 0 Å². The number of ether oxygens (including phenoxy) is 2. The van der Waals surface area contributed by atoms with Gasteiger partial charge in [0.15, 0.2) is 0 Å². The molecule has 3 unspecified atom stereocenters. The van der Waals surface area contributed by atoms with Gasteiger partial charge < -0.3 is 9.47 Å².